The molecule has 1 saturated carbocycles. The van der Waals surface area contributed by atoms with Gasteiger partial charge < -0.3 is 10.2 Å². The van der Waals surface area contributed by atoms with E-state index in [9.17, 15) is 9.59 Å². The molecule has 2 aliphatic rings. The molecule has 0 unspecified atom stereocenters. The van der Waals surface area contributed by atoms with E-state index in [1.807, 2.05) is 30.0 Å². The van der Waals surface area contributed by atoms with Crippen LogP contribution in [0.1, 0.15) is 43.7 Å². The van der Waals surface area contributed by atoms with Crippen molar-refractivity contribution < 1.29 is 9.59 Å². The average molecular weight is 300 g/mol. The molecule has 4 nitrogen and oxygen atoms in total. The Kier molecular flexibility index (Phi) is 3.94. The van der Waals surface area contributed by atoms with Crippen molar-refractivity contribution in [3.8, 4) is 0 Å². The molecule has 1 N–H and O–H groups in total. The van der Waals surface area contributed by atoms with Crippen molar-refractivity contribution in [3.05, 3.63) is 29.3 Å². The van der Waals surface area contributed by atoms with Crippen LogP contribution < -0.4 is 5.32 Å². The van der Waals surface area contributed by atoms with Crippen molar-refractivity contribution in [2.24, 2.45) is 5.41 Å². The summed E-state index contributed by atoms with van der Waals surface area (Å²) in [6.07, 6.45) is 4.34. The van der Waals surface area contributed by atoms with Crippen LogP contribution >= 0.6 is 0 Å². The quantitative estimate of drug-likeness (QED) is 0.869. The molecule has 2 fully saturated rings. The van der Waals surface area contributed by atoms with E-state index >= 15 is 0 Å². The molecule has 22 heavy (non-hydrogen) atoms. The lowest BCUT2D eigenvalue weighted by atomic mass is 10.0. The van der Waals surface area contributed by atoms with Crippen LogP contribution in [0.25, 0.3) is 0 Å². The molecule has 1 aliphatic heterocycles. The SMILES string of the molecule is CCc1cccc(C)c1NC(=O)C1(C(=O)N2CCCC2)CC1. The van der Waals surface area contributed by atoms with E-state index in [2.05, 4.69) is 12.2 Å². The number of anilines is 1. The number of rotatable bonds is 4. The number of aryl methyl sites for hydroxylation is 2. The van der Waals surface area contributed by atoms with Gasteiger partial charge in [-0.05, 0) is 50.2 Å². The van der Waals surface area contributed by atoms with Crippen molar-refractivity contribution in [3.63, 3.8) is 0 Å². The molecule has 3 rings (SSSR count). The number of likely N-dealkylation sites (tertiary alicyclic amines) is 1. The largest absolute Gasteiger partial charge is 0.342 e. The van der Waals surface area contributed by atoms with E-state index in [1.54, 1.807) is 0 Å². The third kappa shape index (κ3) is 2.51. The maximum absolute atomic E-state index is 12.8. The Balaban J connectivity index is 1.78. The van der Waals surface area contributed by atoms with Gasteiger partial charge in [0, 0.05) is 18.8 Å². The summed E-state index contributed by atoms with van der Waals surface area (Å²) in [4.78, 5) is 27.3. The Morgan fingerprint density at radius 3 is 2.50 bits per heavy atom. The fraction of sp³-hybridized carbons (Fsp3) is 0.556. The lowest BCUT2D eigenvalue weighted by molar-refractivity contribution is -0.141. The molecular weight excluding hydrogens is 276 g/mol. The monoisotopic (exact) mass is 300 g/mol. The molecule has 1 aromatic rings. The third-order valence-electron chi connectivity index (χ3n) is 4.97. The van der Waals surface area contributed by atoms with Gasteiger partial charge in [-0.2, -0.15) is 0 Å². The van der Waals surface area contributed by atoms with Gasteiger partial charge in [0.05, 0.1) is 0 Å². The standard InChI is InChI=1S/C18H24N2O2/c1-3-14-8-6-7-13(2)15(14)19-16(21)18(9-10-18)17(22)20-11-4-5-12-20/h6-8H,3-5,9-12H2,1-2H3,(H,19,21). The molecule has 0 radical (unpaired) electrons. The van der Waals surface area contributed by atoms with E-state index < -0.39 is 5.41 Å². The normalized spacial score (nSPS) is 19.1. The summed E-state index contributed by atoms with van der Waals surface area (Å²) in [5, 5.41) is 3.05. The lowest BCUT2D eigenvalue weighted by Crippen LogP contribution is -2.41. The molecule has 0 aromatic heterocycles. The number of carbonyl (C=O) groups is 2. The van der Waals surface area contributed by atoms with Crippen LogP contribution in [-0.4, -0.2) is 29.8 Å². The average Bonchev–Trinajstić information content (AvgIpc) is 3.15. The van der Waals surface area contributed by atoms with Gasteiger partial charge in [0.2, 0.25) is 11.8 Å². The van der Waals surface area contributed by atoms with Crippen LogP contribution in [0.15, 0.2) is 18.2 Å². The molecule has 0 bridgehead atoms. The van der Waals surface area contributed by atoms with Crippen molar-refractivity contribution >= 4 is 17.5 Å². The predicted octanol–water partition coefficient (Wildman–Crippen LogP) is 2.90. The van der Waals surface area contributed by atoms with Crippen LogP contribution in [0.2, 0.25) is 0 Å². The molecule has 1 saturated heterocycles. The molecule has 2 amide bonds. The number of amides is 2. The van der Waals surface area contributed by atoms with E-state index in [0.717, 1.165) is 49.2 Å². The predicted molar refractivity (Wildman–Crippen MR) is 86.7 cm³/mol. The molecule has 1 aromatic carbocycles. The zero-order valence-electron chi connectivity index (χ0n) is 13.4. The molecule has 118 valence electrons. The van der Waals surface area contributed by atoms with Gasteiger partial charge in [-0.3, -0.25) is 9.59 Å². The summed E-state index contributed by atoms with van der Waals surface area (Å²) in [6, 6.07) is 6.03. The molecule has 0 atom stereocenters. The van der Waals surface area contributed by atoms with Crippen molar-refractivity contribution in [2.45, 2.75) is 46.0 Å². The minimum atomic E-state index is -0.794. The van der Waals surface area contributed by atoms with E-state index in [0.29, 0.717) is 12.8 Å². The first-order valence-corrected chi connectivity index (χ1v) is 8.28. The third-order valence-corrected chi connectivity index (χ3v) is 4.97. The van der Waals surface area contributed by atoms with Crippen LogP contribution in [0.5, 0.6) is 0 Å². The van der Waals surface area contributed by atoms with E-state index in [4.69, 9.17) is 0 Å². The van der Waals surface area contributed by atoms with Gasteiger partial charge in [0.25, 0.3) is 0 Å². The fourth-order valence-corrected chi connectivity index (χ4v) is 3.32. The van der Waals surface area contributed by atoms with Gasteiger partial charge in [-0.25, -0.2) is 0 Å². The second-order valence-corrected chi connectivity index (χ2v) is 6.50. The summed E-state index contributed by atoms with van der Waals surface area (Å²) in [6.45, 7) is 5.68. The number of hydrogen-bond acceptors (Lipinski definition) is 2. The summed E-state index contributed by atoms with van der Waals surface area (Å²) in [7, 11) is 0. The zero-order chi connectivity index (χ0) is 15.7. The zero-order valence-corrected chi connectivity index (χ0v) is 13.4. The second kappa shape index (κ2) is 5.75. The highest BCUT2D eigenvalue weighted by Crippen LogP contribution is 2.48. The number of carbonyl (C=O) groups excluding carboxylic acids is 2. The second-order valence-electron chi connectivity index (χ2n) is 6.50. The summed E-state index contributed by atoms with van der Waals surface area (Å²) in [5.74, 6) is -0.0810. The molecule has 4 heteroatoms. The van der Waals surface area contributed by atoms with Gasteiger partial charge >= 0.3 is 0 Å². The minimum Gasteiger partial charge on any atom is -0.342 e. The molecular formula is C18H24N2O2. The van der Waals surface area contributed by atoms with Crippen LogP contribution in [0.4, 0.5) is 5.69 Å². The van der Waals surface area contributed by atoms with Crippen molar-refractivity contribution in [2.75, 3.05) is 18.4 Å². The van der Waals surface area contributed by atoms with Gasteiger partial charge in [0.1, 0.15) is 5.41 Å². The Morgan fingerprint density at radius 1 is 1.23 bits per heavy atom. The Hall–Kier alpha value is -1.84. The topological polar surface area (TPSA) is 49.4 Å². The van der Waals surface area contributed by atoms with Crippen molar-refractivity contribution in [1.29, 1.82) is 0 Å². The Bertz CT molecular complexity index is 599. The van der Waals surface area contributed by atoms with Gasteiger partial charge in [-0.15, -0.1) is 0 Å². The van der Waals surface area contributed by atoms with Crippen LogP contribution in [0, 0.1) is 12.3 Å². The van der Waals surface area contributed by atoms with E-state index in [1.165, 1.54) is 0 Å². The van der Waals surface area contributed by atoms with Crippen molar-refractivity contribution in [1.82, 2.24) is 4.90 Å². The lowest BCUT2D eigenvalue weighted by Gasteiger charge is -2.23. The smallest absolute Gasteiger partial charge is 0.240 e. The van der Waals surface area contributed by atoms with E-state index in [-0.39, 0.29) is 11.8 Å². The van der Waals surface area contributed by atoms with Crippen LogP contribution in [0.3, 0.4) is 0 Å². The fourth-order valence-electron chi connectivity index (χ4n) is 3.32. The van der Waals surface area contributed by atoms with Crippen LogP contribution in [-0.2, 0) is 16.0 Å². The minimum absolute atomic E-state index is 0.0362. The maximum atomic E-state index is 12.8. The maximum Gasteiger partial charge on any atom is 0.240 e. The number of benzene rings is 1. The summed E-state index contributed by atoms with van der Waals surface area (Å²) in [5.41, 5.74) is 2.27. The number of nitrogens with zero attached hydrogens (tertiary/aromatic N) is 1. The molecule has 1 heterocycles. The highest BCUT2D eigenvalue weighted by atomic mass is 16.2. The highest BCUT2D eigenvalue weighted by molar-refractivity contribution is 6.13. The first kappa shape index (κ1) is 15.1. The first-order chi connectivity index (χ1) is 10.6. The number of hydrogen-bond donors (Lipinski definition) is 1. The Labute approximate surface area is 131 Å². The highest BCUT2D eigenvalue weighted by Gasteiger charge is 2.58. The molecule has 1 aliphatic carbocycles. The summed E-state index contributed by atoms with van der Waals surface area (Å²) < 4.78 is 0. The number of nitrogens with one attached hydrogen (secondary N) is 1. The Morgan fingerprint density at radius 2 is 1.91 bits per heavy atom. The molecule has 0 spiro atoms. The van der Waals surface area contributed by atoms with Gasteiger partial charge in [0.15, 0.2) is 0 Å². The number of para-hydroxylation sites is 1. The summed E-state index contributed by atoms with van der Waals surface area (Å²) >= 11 is 0. The first-order valence-electron chi connectivity index (χ1n) is 8.28. The van der Waals surface area contributed by atoms with Gasteiger partial charge in [-0.1, -0.05) is 25.1 Å².